The van der Waals surface area contributed by atoms with Crippen LogP contribution < -0.4 is 4.73 Å². The van der Waals surface area contributed by atoms with Crippen LogP contribution in [0.1, 0.15) is 40.3 Å². The largest absolute Gasteiger partial charge is 0.618 e. The maximum absolute atomic E-state index is 11.7. The highest BCUT2D eigenvalue weighted by molar-refractivity contribution is 6.00. The number of nitrogens with zero attached hydrogens (tertiary/aromatic N) is 1. The van der Waals surface area contributed by atoms with Gasteiger partial charge in [-0.15, -0.1) is 0 Å². The van der Waals surface area contributed by atoms with Gasteiger partial charge in [-0.3, -0.25) is 0 Å². The molecule has 6 nitrogen and oxygen atoms in total. The number of carbonyl (C=O) groups is 2. The van der Waals surface area contributed by atoms with Gasteiger partial charge in [0.25, 0.3) is 0 Å². The fourth-order valence-corrected chi connectivity index (χ4v) is 1.47. The van der Waals surface area contributed by atoms with Gasteiger partial charge in [-0.05, 0) is 26.8 Å². The van der Waals surface area contributed by atoms with Crippen molar-refractivity contribution in [2.75, 3.05) is 13.2 Å². The molecule has 0 aliphatic heterocycles. The molecule has 0 N–H and O–H groups in total. The summed E-state index contributed by atoms with van der Waals surface area (Å²) < 4.78 is 9.89. The molecule has 0 spiro atoms. The van der Waals surface area contributed by atoms with Gasteiger partial charge in [0.05, 0.1) is 13.2 Å². The first kappa shape index (κ1) is 14.0. The minimum Gasteiger partial charge on any atom is -0.618 e. The molecule has 0 amide bonds. The number of rotatable bonds is 4. The Hall–Kier alpha value is -2.11. The molecular weight excluding hydrogens is 238 g/mol. The number of hydrogen-bond acceptors (Lipinski definition) is 5. The predicted molar refractivity (Wildman–Crippen MR) is 62.1 cm³/mol. The highest BCUT2D eigenvalue weighted by Gasteiger charge is 2.28. The first-order valence-electron chi connectivity index (χ1n) is 5.59. The Morgan fingerprint density at radius 2 is 1.78 bits per heavy atom. The molecule has 1 aromatic rings. The van der Waals surface area contributed by atoms with Crippen LogP contribution in [0.15, 0.2) is 12.3 Å². The van der Waals surface area contributed by atoms with E-state index in [0.29, 0.717) is 10.3 Å². The Kier molecular flexibility index (Phi) is 4.65. The van der Waals surface area contributed by atoms with Crippen LogP contribution in [0.4, 0.5) is 0 Å². The maximum atomic E-state index is 11.7. The Bertz CT molecular complexity index is 470. The summed E-state index contributed by atoms with van der Waals surface area (Å²) in [5, 5.41) is 11.7. The van der Waals surface area contributed by atoms with E-state index in [1.807, 2.05) is 0 Å². The van der Waals surface area contributed by atoms with E-state index in [2.05, 4.69) is 0 Å². The molecule has 1 aromatic heterocycles. The summed E-state index contributed by atoms with van der Waals surface area (Å²) >= 11 is 0. The van der Waals surface area contributed by atoms with Crippen LogP contribution in [0.3, 0.4) is 0 Å². The summed E-state index contributed by atoms with van der Waals surface area (Å²) in [5.41, 5.74) is 0.132. The van der Waals surface area contributed by atoms with E-state index in [0.717, 1.165) is 0 Å². The Morgan fingerprint density at radius 1 is 1.22 bits per heavy atom. The molecule has 0 radical (unpaired) electrons. The summed E-state index contributed by atoms with van der Waals surface area (Å²) in [6.07, 6.45) is 1.20. The van der Waals surface area contributed by atoms with Crippen LogP contribution in [0, 0.1) is 12.1 Å². The zero-order valence-electron chi connectivity index (χ0n) is 10.6. The number of carbonyl (C=O) groups excluding carboxylic acids is 2. The molecule has 0 aliphatic carbocycles. The molecule has 0 bridgehead atoms. The van der Waals surface area contributed by atoms with E-state index >= 15 is 0 Å². The molecule has 0 fully saturated rings. The monoisotopic (exact) mass is 253 g/mol. The lowest BCUT2D eigenvalue weighted by molar-refractivity contribution is -0.609. The van der Waals surface area contributed by atoms with Crippen molar-refractivity contribution in [3.8, 4) is 0 Å². The molecule has 98 valence electrons. The van der Waals surface area contributed by atoms with Gasteiger partial charge in [0.2, 0.25) is 0 Å². The fraction of sp³-hybridized carbons (Fsp3) is 0.417. The third-order valence-electron chi connectivity index (χ3n) is 2.13. The van der Waals surface area contributed by atoms with Gasteiger partial charge in [0, 0.05) is 5.56 Å². The summed E-state index contributed by atoms with van der Waals surface area (Å²) in [5.74, 6) is -1.55. The number of pyridine rings is 1. The van der Waals surface area contributed by atoms with Crippen molar-refractivity contribution in [3.05, 3.63) is 34.3 Å². The number of esters is 2. The second kappa shape index (κ2) is 6.00. The van der Waals surface area contributed by atoms with E-state index < -0.39 is 11.9 Å². The number of aryl methyl sites for hydroxylation is 1. The smallest absolute Gasteiger partial charge is 0.405 e. The van der Waals surface area contributed by atoms with Crippen molar-refractivity contribution < 1.29 is 23.8 Å². The molecule has 0 unspecified atom stereocenters. The highest BCUT2D eigenvalue weighted by Crippen LogP contribution is 2.10. The highest BCUT2D eigenvalue weighted by atomic mass is 16.5. The molecular formula is C12H15NO5. The van der Waals surface area contributed by atoms with Crippen LogP contribution in [0.25, 0.3) is 0 Å². The SMILES string of the molecule is CCOC(=O)c1cc(C)c[n+]([O-])c1C(=O)OCC. The summed E-state index contributed by atoms with van der Waals surface area (Å²) in [7, 11) is 0. The van der Waals surface area contributed by atoms with Crippen molar-refractivity contribution >= 4 is 11.9 Å². The van der Waals surface area contributed by atoms with Gasteiger partial charge >= 0.3 is 17.6 Å². The normalized spacial score (nSPS) is 9.94. The summed E-state index contributed by atoms with van der Waals surface area (Å²) in [4.78, 5) is 23.4. The van der Waals surface area contributed by atoms with Crippen molar-refractivity contribution in [3.63, 3.8) is 0 Å². The first-order valence-corrected chi connectivity index (χ1v) is 5.59. The van der Waals surface area contributed by atoms with Crippen LogP contribution >= 0.6 is 0 Å². The molecule has 0 aliphatic rings. The quantitative estimate of drug-likeness (QED) is 0.454. The maximum Gasteiger partial charge on any atom is 0.405 e. The Labute approximate surface area is 105 Å². The predicted octanol–water partition coefficient (Wildman–Crippen LogP) is 0.982. The second-order valence-electron chi connectivity index (χ2n) is 3.55. The van der Waals surface area contributed by atoms with Gasteiger partial charge < -0.3 is 14.7 Å². The van der Waals surface area contributed by atoms with E-state index in [1.165, 1.54) is 12.3 Å². The zero-order chi connectivity index (χ0) is 13.7. The lowest BCUT2D eigenvalue weighted by atomic mass is 10.1. The molecule has 0 atom stereocenters. The molecule has 18 heavy (non-hydrogen) atoms. The fourth-order valence-electron chi connectivity index (χ4n) is 1.47. The van der Waals surface area contributed by atoms with Gasteiger partial charge in [-0.25, -0.2) is 9.59 Å². The minimum absolute atomic E-state index is 0.0784. The molecule has 6 heteroatoms. The van der Waals surface area contributed by atoms with Gasteiger partial charge in [0.15, 0.2) is 6.20 Å². The van der Waals surface area contributed by atoms with Gasteiger partial charge in [-0.1, -0.05) is 0 Å². The van der Waals surface area contributed by atoms with Crippen LogP contribution in [-0.2, 0) is 9.47 Å². The second-order valence-corrected chi connectivity index (χ2v) is 3.55. The Balaban J connectivity index is 3.29. The van der Waals surface area contributed by atoms with Gasteiger partial charge in [0.1, 0.15) is 5.56 Å². The van der Waals surface area contributed by atoms with Crippen molar-refractivity contribution in [2.24, 2.45) is 0 Å². The average Bonchev–Trinajstić information content (AvgIpc) is 2.28. The van der Waals surface area contributed by atoms with Crippen molar-refractivity contribution in [2.45, 2.75) is 20.8 Å². The Morgan fingerprint density at radius 3 is 2.33 bits per heavy atom. The standard InChI is InChI=1S/C12H15NO5/c1-4-17-11(14)9-6-8(3)7-13(16)10(9)12(15)18-5-2/h6-7H,4-5H2,1-3H3. The third kappa shape index (κ3) is 2.97. The summed E-state index contributed by atoms with van der Waals surface area (Å²) in [6, 6.07) is 1.43. The molecule has 1 rings (SSSR count). The first-order chi connectivity index (χ1) is 8.51. The molecule has 0 saturated heterocycles. The molecule has 0 aromatic carbocycles. The lowest BCUT2D eigenvalue weighted by Gasteiger charge is -2.09. The summed E-state index contributed by atoms with van der Waals surface area (Å²) in [6.45, 7) is 5.18. The molecule has 0 saturated carbocycles. The minimum atomic E-state index is -0.837. The topological polar surface area (TPSA) is 79.5 Å². The van der Waals surface area contributed by atoms with Crippen molar-refractivity contribution in [1.29, 1.82) is 0 Å². The third-order valence-corrected chi connectivity index (χ3v) is 2.13. The van der Waals surface area contributed by atoms with E-state index in [4.69, 9.17) is 9.47 Å². The average molecular weight is 253 g/mol. The van der Waals surface area contributed by atoms with Crippen molar-refractivity contribution in [1.82, 2.24) is 0 Å². The zero-order valence-corrected chi connectivity index (χ0v) is 10.6. The lowest BCUT2D eigenvalue weighted by Crippen LogP contribution is -2.38. The van der Waals surface area contributed by atoms with Gasteiger partial charge in [-0.2, -0.15) is 4.73 Å². The van der Waals surface area contributed by atoms with E-state index in [1.54, 1.807) is 20.8 Å². The van der Waals surface area contributed by atoms with E-state index in [9.17, 15) is 14.8 Å². The number of hydrogen-bond donors (Lipinski definition) is 0. The van der Waals surface area contributed by atoms with Crippen LogP contribution in [0.2, 0.25) is 0 Å². The molecule has 1 heterocycles. The number of aromatic nitrogens is 1. The number of ether oxygens (including phenoxy) is 2. The van der Waals surface area contributed by atoms with Crippen LogP contribution in [-0.4, -0.2) is 25.2 Å². The van der Waals surface area contributed by atoms with Crippen LogP contribution in [0.5, 0.6) is 0 Å². The van der Waals surface area contributed by atoms with E-state index in [-0.39, 0.29) is 24.5 Å².